The molecule has 3 rings (SSSR count). The van der Waals surface area contributed by atoms with E-state index in [-0.39, 0.29) is 0 Å². The third-order valence-electron chi connectivity index (χ3n) is 2.70. The summed E-state index contributed by atoms with van der Waals surface area (Å²) < 4.78 is 2.88. The van der Waals surface area contributed by atoms with E-state index in [4.69, 9.17) is 5.73 Å². The van der Waals surface area contributed by atoms with Gasteiger partial charge in [-0.15, -0.1) is 0 Å². The Hall–Kier alpha value is -1.81. The third-order valence-corrected chi connectivity index (χ3v) is 3.39. The molecule has 84 valence electrons. The van der Waals surface area contributed by atoms with Gasteiger partial charge in [-0.2, -0.15) is 0 Å². The van der Waals surface area contributed by atoms with Crippen molar-refractivity contribution in [2.24, 2.45) is 0 Å². The van der Waals surface area contributed by atoms with Gasteiger partial charge in [0.25, 0.3) is 0 Å². The number of halogens is 1. The maximum Gasteiger partial charge on any atom is 0.139 e. The zero-order valence-electron chi connectivity index (χ0n) is 8.97. The Bertz CT molecular complexity index is 688. The van der Waals surface area contributed by atoms with Gasteiger partial charge in [0.2, 0.25) is 0 Å². The number of benzene rings is 1. The molecular formula is C13H10BrN3. The molecule has 3 nitrogen and oxygen atoms in total. The van der Waals surface area contributed by atoms with Crippen LogP contribution in [0.2, 0.25) is 0 Å². The van der Waals surface area contributed by atoms with Crippen molar-refractivity contribution in [2.75, 3.05) is 5.73 Å². The average molecular weight is 288 g/mol. The fraction of sp³-hybridized carbons (Fsp3) is 0. The largest absolute Gasteiger partial charge is 0.383 e. The lowest BCUT2D eigenvalue weighted by Gasteiger charge is -2.01. The van der Waals surface area contributed by atoms with Crippen LogP contribution in [0.3, 0.4) is 0 Å². The Morgan fingerprint density at radius 1 is 1.06 bits per heavy atom. The van der Waals surface area contributed by atoms with Gasteiger partial charge in [-0.25, -0.2) is 4.98 Å². The summed E-state index contributed by atoms with van der Waals surface area (Å²) in [5, 5.41) is 0. The molecule has 0 aliphatic rings. The van der Waals surface area contributed by atoms with Crippen molar-refractivity contribution >= 4 is 27.4 Å². The highest BCUT2D eigenvalue weighted by Crippen LogP contribution is 2.31. The normalized spacial score (nSPS) is 10.9. The van der Waals surface area contributed by atoms with Gasteiger partial charge in [0.05, 0.1) is 0 Å². The Kier molecular flexibility index (Phi) is 2.37. The third kappa shape index (κ3) is 1.61. The average Bonchev–Trinajstić information content (AvgIpc) is 2.68. The highest BCUT2D eigenvalue weighted by atomic mass is 79.9. The maximum atomic E-state index is 6.12. The number of nitrogens with two attached hydrogens (primary N) is 1. The highest BCUT2D eigenvalue weighted by molar-refractivity contribution is 9.10. The fourth-order valence-electron chi connectivity index (χ4n) is 1.87. The number of anilines is 1. The van der Waals surface area contributed by atoms with E-state index in [2.05, 4.69) is 20.9 Å². The Morgan fingerprint density at radius 3 is 2.59 bits per heavy atom. The van der Waals surface area contributed by atoms with Gasteiger partial charge >= 0.3 is 0 Å². The number of hydrogen-bond acceptors (Lipinski definition) is 2. The summed E-state index contributed by atoms with van der Waals surface area (Å²) in [4.78, 5) is 4.55. The van der Waals surface area contributed by atoms with Crippen LogP contribution in [0.1, 0.15) is 0 Å². The first-order valence-corrected chi connectivity index (χ1v) is 6.04. The van der Waals surface area contributed by atoms with Crippen LogP contribution in [0.5, 0.6) is 0 Å². The van der Waals surface area contributed by atoms with Crippen molar-refractivity contribution in [3.63, 3.8) is 0 Å². The summed E-state index contributed by atoms with van der Waals surface area (Å²) in [6.07, 6.45) is 1.91. The molecule has 0 spiro atoms. The summed E-state index contributed by atoms with van der Waals surface area (Å²) in [7, 11) is 0. The van der Waals surface area contributed by atoms with E-state index in [9.17, 15) is 0 Å². The smallest absolute Gasteiger partial charge is 0.139 e. The number of nitrogen functional groups attached to an aromatic ring is 1. The molecular weight excluding hydrogens is 278 g/mol. The van der Waals surface area contributed by atoms with Crippen LogP contribution in [0.4, 0.5) is 5.82 Å². The second-order valence-electron chi connectivity index (χ2n) is 3.75. The van der Waals surface area contributed by atoms with E-state index >= 15 is 0 Å². The summed E-state index contributed by atoms with van der Waals surface area (Å²) in [5.74, 6) is 0.660. The fourth-order valence-corrected chi connectivity index (χ4v) is 2.34. The molecule has 2 N–H and O–H groups in total. The molecule has 0 unspecified atom stereocenters. The van der Waals surface area contributed by atoms with E-state index in [1.54, 1.807) is 0 Å². The molecule has 17 heavy (non-hydrogen) atoms. The zero-order valence-corrected chi connectivity index (χ0v) is 10.6. The van der Waals surface area contributed by atoms with E-state index in [0.29, 0.717) is 5.82 Å². The Morgan fingerprint density at radius 2 is 1.82 bits per heavy atom. The number of pyridine rings is 1. The van der Waals surface area contributed by atoms with Crippen molar-refractivity contribution in [3.8, 4) is 11.3 Å². The number of fused-ring (bicyclic) bond motifs is 1. The first kappa shape index (κ1) is 10.4. The van der Waals surface area contributed by atoms with Crippen molar-refractivity contribution in [3.05, 3.63) is 53.1 Å². The topological polar surface area (TPSA) is 43.3 Å². The number of aromatic nitrogens is 2. The molecule has 0 bridgehead atoms. The maximum absolute atomic E-state index is 6.12. The zero-order chi connectivity index (χ0) is 11.8. The molecule has 1 aromatic carbocycles. The van der Waals surface area contributed by atoms with E-state index in [1.807, 2.05) is 53.1 Å². The summed E-state index contributed by atoms with van der Waals surface area (Å²) >= 11 is 3.52. The number of nitrogens with zero attached hydrogens (tertiary/aromatic N) is 2. The molecule has 2 heterocycles. The summed E-state index contributed by atoms with van der Waals surface area (Å²) in [6, 6.07) is 13.8. The van der Waals surface area contributed by atoms with Crippen LogP contribution in [0, 0.1) is 0 Å². The van der Waals surface area contributed by atoms with Gasteiger partial charge in [0, 0.05) is 16.2 Å². The van der Waals surface area contributed by atoms with E-state index < -0.39 is 0 Å². The number of hydrogen-bond donors (Lipinski definition) is 1. The van der Waals surface area contributed by atoms with Crippen molar-refractivity contribution in [2.45, 2.75) is 0 Å². The van der Waals surface area contributed by atoms with Crippen LogP contribution >= 0.6 is 15.9 Å². The molecule has 0 atom stereocenters. The number of rotatable bonds is 1. The van der Waals surface area contributed by atoms with Crippen molar-refractivity contribution < 1.29 is 0 Å². The molecule has 0 fully saturated rings. The molecule has 3 aromatic rings. The molecule has 0 saturated heterocycles. The summed E-state index contributed by atoms with van der Waals surface area (Å²) in [6.45, 7) is 0. The van der Waals surface area contributed by atoms with Gasteiger partial charge in [-0.3, -0.25) is 4.40 Å². The molecule has 4 heteroatoms. The van der Waals surface area contributed by atoms with Gasteiger partial charge < -0.3 is 5.73 Å². The second-order valence-corrected chi connectivity index (χ2v) is 4.61. The lowest BCUT2D eigenvalue weighted by molar-refractivity contribution is 1.20. The lowest BCUT2D eigenvalue weighted by atomic mass is 10.1. The predicted octanol–water partition coefficient (Wildman–Crippen LogP) is 3.35. The monoisotopic (exact) mass is 287 g/mol. The SMILES string of the molecule is Nc1c(-c2ccccc2Br)nc2ccccn12. The molecule has 0 aliphatic heterocycles. The standard InChI is InChI=1S/C13H10BrN3/c14-10-6-2-1-5-9(10)12-13(15)17-8-4-3-7-11(17)16-12/h1-8H,15H2. The van der Waals surface area contributed by atoms with Crippen LogP contribution in [-0.4, -0.2) is 9.38 Å². The van der Waals surface area contributed by atoms with Gasteiger partial charge in [0.1, 0.15) is 17.2 Å². The van der Waals surface area contributed by atoms with Gasteiger partial charge in [-0.1, -0.05) is 40.2 Å². The minimum absolute atomic E-state index is 0.660. The highest BCUT2D eigenvalue weighted by Gasteiger charge is 2.12. The molecule has 0 aliphatic carbocycles. The predicted molar refractivity (Wildman–Crippen MR) is 72.7 cm³/mol. The van der Waals surface area contributed by atoms with Crippen LogP contribution in [0.25, 0.3) is 16.9 Å². The molecule has 2 aromatic heterocycles. The van der Waals surface area contributed by atoms with Gasteiger partial charge in [-0.05, 0) is 18.2 Å². The van der Waals surface area contributed by atoms with Crippen molar-refractivity contribution in [1.29, 1.82) is 0 Å². The Balaban J connectivity index is 2.32. The molecule has 0 saturated carbocycles. The van der Waals surface area contributed by atoms with Crippen molar-refractivity contribution in [1.82, 2.24) is 9.38 Å². The number of imidazole rings is 1. The van der Waals surface area contributed by atoms with Crippen LogP contribution < -0.4 is 5.73 Å². The first-order chi connectivity index (χ1) is 8.27. The first-order valence-electron chi connectivity index (χ1n) is 5.25. The quantitative estimate of drug-likeness (QED) is 0.746. The second kappa shape index (κ2) is 3.89. The minimum atomic E-state index is 0.660. The van der Waals surface area contributed by atoms with E-state index in [1.165, 1.54) is 0 Å². The lowest BCUT2D eigenvalue weighted by Crippen LogP contribution is -1.93. The Labute approximate surface area is 107 Å². The van der Waals surface area contributed by atoms with E-state index in [0.717, 1.165) is 21.4 Å². The minimum Gasteiger partial charge on any atom is -0.383 e. The van der Waals surface area contributed by atoms with Crippen LogP contribution in [0.15, 0.2) is 53.1 Å². The van der Waals surface area contributed by atoms with Gasteiger partial charge in [0.15, 0.2) is 0 Å². The molecule has 0 amide bonds. The molecule has 0 radical (unpaired) electrons. The van der Waals surface area contributed by atoms with Crippen LogP contribution in [-0.2, 0) is 0 Å². The summed E-state index contributed by atoms with van der Waals surface area (Å²) in [5.41, 5.74) is 8.79.